The number of benzene rings is 4. The van der Waals surface area contributed by atoms with Crippen molar-refractivity contribution in [1.29, 1.82) is 0 Å². The minimum Gasteiger partial charge on any atom is -0.314 e. The molecule has 0 heterocycles. The van der Waals surface area contributed by atoms with E-state index in [1.54, 1.807) is 0 Å². The fourth-order valence-electron chi connectivity index (χ4n) is 7.89. The van der Waals surface area contributed by atoms with Crippen LogP contribution in [-0.2, 0) is 5.41 Å². The van der Waals surface area contributed by atoms with Crippen molar-refractivity contribution in [2.45, 2.75) is 78.1 Å². The van der Waals surface area contributed by atoms with E-state index in [4.69, 9.17) is 0 Å². The van der Waals surface area contributed by atoms with Crippen molar-refractivity contribution in [3.63, 3.8) is 0 Å². The van der Waals surface area contributed by atoms with Crippen LogP contribution in [0.25, 0.3) is 0 Å². The molecule has 50 heavy (non-hydrogen) atoms. The first-order chi connectivity index (χ1) is 24.4. The highest BCUT2D eigenvalue weighted by Gasteiger charge is 2.37. The second-order valence-electron chi connectivity index (χ2n) is 14.4. The summed E-state index contributed by atoms with van der Waals surface area (Å²) in [6.45, 7) is 8.63. The fraction of sp³-hybridized carbons (Fsp3) is 0.250. The SMILES string of the molecule is CC1=CC=C(N(c2ccc(C)cc2)c2ccc(C3(C4=CC=C(N(c5ccc(C)cc5)c5ccc(C)cc5)C=CC4)CCCCC3)cc2)CC=C1. The van der Waals surface area contributed by atoms with Crippen molar-refractivity contribution in [1.82, 2.24) is 0 Å². The van der Waals surface area contributed by atoms with Crippen LogP contribution in [0.5, 0.6) is 0 Å². The number of anilines is 4. The molecule has 0 bridgehead atoms. The van der Waals surface area contributed by atoms with E-state index in [9.17, 15) is 0 Å². The summed E-state index contributed by atoms with van der Waals surface area (Å²) < 4.78 is 0. The van der Waals surface area contributed by atoms with E-state index < -0.39 is 0 Å². The van der Waals surface area contributed by atoms with Crippen LogP contribution >= 0.6 is 0 Å². The molecule has 0 saturated heterocycles. The Morgan fingerprint density at radius 3 is 1.52 bits per heavy atom. The van der Waals surface area contributed by atoms with Gasteiger partial charge in [0.25, 0.3) is 0 Å². The first-order valence-electron chi connectivity index (χ1n) is 18.4. The molecule has 2 nitrogen and oxygen atoms in total. The normalized spacial score (nSPS) is 17.1. The van der Waals surface area contributed by atoms with Crippen LogP contribution in [0.1, 0.15) is 74.1 Å². The average molecular weight is 655 g/mol. The molecule has 0 unspecified atom stereocenters. The van der Waals surface area contributed by atoms with E-state index in [2.05, 4.69) is 183 Å². The van der Waals surface area contributed by atoms with Gasteiger partial charge in [0.1, 0.15) is 0 Å². The summed E-state index contributed by atoms with van der Waals surface area (Å²) in [4.78, 5) is 4.83. The second kappa shape index (κ2) is 14.8. The zero-order valence-electron chi connectivity index (χ0n) is 30.2. The molecule has 1 fully saturated rings. The molecule has 0 aliphatic heterocycles. The minimum atomic E-state index is 0.0322. The van der Waals surface area contributed by atoms with E-state index in [-0.39, 0.29) is 5.41 Å². The molecule has 2 heteroatoms. The van der Waals surface area contributed by atoms with E-state index >= 15 is 0 Å². The Kier molecular flexibility index (Phi) is 9.90. The molecule has 0 radical (unpaired) electrons. The van der Waals surface area contributed by atoms with Gasteiger partial charge in [0.2, 0.25) is 0 Å². The lowest BCUT2D eigenvalue weighted by Crippen LogP contribution is -2.31. The van der Waals surface area contributed by atoms with Crippen LogP contribution in [0, 0.1) is 20.8 Å². The van der Waals surface area contributed by atoms with Crippen molar-refractivity contribution in [3.8, 4) is 0 Å². The zero-order chi connectivity index (χ0) is 34.5. The van der Waals surface area contributed by atoms with Gasteiger partial charge in [0, 0.05) is 46.0 Å². The summed E-state index contributed by atoms with van der Waals surface area (Å²) in [5, 5.41) is 0. The lowest BCUT2D eigenvalue weighted by molar-refractivity contribution is 0.336. The third-order valence-electron chi connectivity index (χ3n) is 10.7. The summed E-state index contributed by atoms with van der Waals surface area (Å²) in [6.07, 6.45) is 26.6. The standard InChI is InChI=1S/C48H50N2/c1-36-10-8-12-42(24-14-36)49(44-25-15-37(2)16-26-44)47-32-22-41(23-33-47)48(34-6-5-7-35-48)40-11-9-13-43(31-21-40)50(45-27-17-38(3)18-28-45)46-29-19-39(4)20-30-46/h8-10,13-33H,5-7,11-12,34-35H2,1-4H3. The lowest BCUT2D eigenvalue weighted by atomic mass is 9.64. The van der Waals surface area contributed by atoms with Crippen LogP contribution < -0.4 is 9.80 Å². The average Bonchev–Trinajstić information content (AvgIpc) is 3.52. The van der Waals surface area contributed by atoms with Gasteiger partial charge in [-0.3, -0.25) is 0 Å². The third-order valence-corrected chi connectivity index (χ3v) is 10.7. The van der Waals surface area contributed by atoms with Gasteiger partial charge in [0.05, 0.1) is 0 Å². The maximum atomic E-state index is 2.46. The topological polar surface area (TPSA) is 6.48 Å². The molecule has 7 rings (SSSR count). The molecular weight excluding hydrogens is 605 g/mol. The maximum Gasteiger partial charge on any atom is 0.0461 e. The van der Waals surface area contributed by atoms with Crippen molar-refractivity contribution in [2.75, 3.05) is 9.80 Å². The van der Waals surface area contributed by atoms with Gasteiger partial charge < -0.3 is 9.80 Å². The quantitative estimate of drug-likeness (QED) is 0.187. The molecule has 3 aliphatic carbocycles. The van der Waals surface area contributed by atoms with Crippen LogP contribution in [-0.4, -0.2) is 0 Å². The largest absolute Gasteiger partial charge is 0.314 e. The number of allylic oxidation sites excluding steroid dienone is 10. The monoisotopic (exact) mass is 654 g/mol. The lowest BCUT2D eigenvalue weighted by Gasteiger charge is -2.40. The van der Waals surface area contributed by atoms with Crippen LogP contribution in [0.2, 0.25) is 0 Å². The minimum absolute atomic E-state index is 0.0322. The Balaban J connectivity index is 1.26. The summed E-state index contributed by atoms with van der Waals surface area (Å²) in [7, 11) is 0. The van der Waals surface area contributed by atoms with E-state index in [0.717, 1.165) is 12.8 Å². The van der Waals surface area contributed by atoms with Gasteiger partial charge in [-0.05, 0) is 119 Å². The van der Waals surface area contributed by atoms with Gasteiger partial charge in [-0.25, -0.2) is 0 Å². The molecule has 4 aromatic carbocycles. The smallest absolute Gasteiger partial charge is 0.0461 e. The Bertz CT molecular complexity index is 1930. The van der Waals surface area contributed by atoms with Crippen molar-refractivity contribution in [2.24, 2.45) is 0 Å². The molecule has 3 aliphatic rings. The van der Waals surface area contributed by atoms with Gasteiger partial charge in [-0.1, -0.05) is 126 Å². The maximum absolute atomic E-state index is 2.46. The first-order valence-corrected chi connectivity index (χ1v) is 18.4. The molecule has 0 aromatic heterocycles. The van der Waals surface area contributed by atoms with Gasteiger partial charge in [-0.15, -0.1) is 0 Å². The number of rotatable bonds is 8. The summed E-state index contributed by atoms with van der Waals surface area (Å²) in [6, 6.07) is 36.3. The molecule has 4 aromatic rings. The second-order valence-corrected chi connectivity index (χ2v) is 14.4. The zero-order valence-corrected chi connectivity index (χ0v) is 30.2. The number of hydrogen-bond acceptors (Lipinski definition) is 2. The Hall–Kier alpha value is -5.08. The number of nitrogens with zero attached hydrogens (tertiary/aromatic N) is 2. The molecule has 0 spiro atoms. The highest BCUT2D eigenvalue weighted by molar-refractivity contribution is 5.72. The summed E-state index contributed by atoms with van der Waals surface area (Å²) in [5.74, 6) is 0. The van der Waals surface area contributed by atoms with Crippen LogP contribution in [0.4, 0.5) is 22.7 Å². The molecule has 0 atom stereocenters. The van der Waals surface area contributed by atoms with Gasteiger partial charge in [-0.2, -0.15) is 0 Å². The number of hydrogen-bond donors (Lipinski definition) is 0. The molecule has 252 valence electrons. The Morgan fingerprint density at radius 1 is 0.460 bits per heavy atom. The fourth-order valence-corrected chi connectivity index (χ4v) is 7.89. The Labute approximate surface area is 300 Å². The van der Waals surface area contributed by atoms with Crippen molar-refractivity contribution in [3.05, 3.63) is 190 Å². The molecule has 0 N–H and O–H groups in total. The predicted octanol–water partition coefficient (Wildman–Crippen LogP) is 13.4. The van der Waals surface area contributed by atoms with Crippen molar-refractivity contribution < 1.29 is 0 Å². The molecular formula is C48H50N2. The highest BCUT2D eigenvalue weighted by atomic mass is 15.2. The summed E-state index contributed by atoms with van der Waals surface area (Å²) in [5.41, 5.74) is 15.3. The summed E-state index contributed by atoms with van der Waals surface area (Å²) >= 11 is 0. The third kappa shape index (κ3) is 7.12. The van der Waals surface area contributed by atoms with E-state index in [1.807, 2.05) is 0 Å². The van der Waals surface area contributed by atoms with Gasteiger partial charge in [0.15, 0.2) is 0 Å². The Morgan fingerprint density at radius 2 is 0.960 bits per heavy atom. The number of aryl methyl sites for hydroxylation is 3. The van der Waals surface area contributed by atoms with Crippen LogP contribution in [0.3, 0.4) is 0 Å². The predicted molar refractivity (Wildman–Crippen MR) is 215 cm³/mol. The van der Waals surface area contributed by atoms with Crippen LogP contribution in [0.15, 0.2) is 168 Å². The molecule has 1 saturated carbocycles. The van der Waals surface area contributed by atoms with Gasteiger partial charge >= 0.3 is 0 Å². The van der Waals surface area contributed by atoms with E-state index in [0.29, 0.717) is 0 Å². The van der Waals surface area contributed by atoms with E-state index in [1.165, 1.54) is 99.6 Å². The van der Waals surface area contributed by atoms with Crippen molar-refractivity contribution >= 4 is 22.7 Å². The first kappa shape index (κ1) is 33.4. The highest BCUT2D eigenvalue weighted by Crippen LogP contribution is 2.48. The molecule has 0 amide bonds.